The van der Waals surface area contributed by atoms with E-state index in [1.807, 2.05) is 55.7 Å². The second-order valence-corrected chi connectivity index (χ2v) is 9.00. The first-order valence-corrected chi connectivity index (χ1v) is 12.2. The third-order valence-corrected chi connectivity index (χ3v) is 6.60. The van der Waals surface area contributed by atoms with Crippen molar-refractivity contribution in [3.05, 3.63) is 64.4 Å². The van der Waals surface area contributed by atoms with Crippen molar-refractivity contribution in [1.82, 2.24) is 20.1 Å². The average Bonchev–Trinajstić information content (AvgIpc) is 3.24. The molecule has 3 rings (SSSR count). The highest BCUT2D eigenvalue weighted by atomic mass is 35.5. The number of hydrogen-bond acceptors (Lipinski definition) is 6. The lowest BCUT2D eigenvalue weighted by atomic mass is 10.1. The molecule has 3 aromatic rings. The van der Waals surface area contributed by atoms with Crippen molar-refractivity contribution in [2.75, 3.05) is 18.2 Å². The van der Waals surface area contributed by atoms with Crippen molar-refractivity contribution in [1.29, 1.82) is 0 Å². The molecule has 1 heterocycles. The molecule has 2 N–H and O–H groups in total. The van der Waals surface area contributed by atoms with Crippen LogP contribution in [0.15, 0.2) is 47.6 Å². The molecule has 0 saturated carbocycles. The van der Waals surface area contributed by atoms with Crippen molar-refractivity contribution in [2.24, 2.45) is 0 Å². The minimum absolute atomic E-state index is 0.117. The van der Waals surface area contributed by atoms with Gasteiger partial charge in [0.1, 0.15) is 5.75 Å². The van der Waals surface area contributed by atoms with Crippen LogP contribution in [0.5, 0.6) is 5.75 Å². The lowest BCUT2D eigenvalue weighted by Gasteiger charge is -2.15. The zero-order chi connectivity index (χ0) is 24.7. The molecule has 0 aliphatic carbocycles. The second-order valence-electron chi connectivity index (χ2n) is 7.65. The lowest BCUT2D eigenvalue weighted by Crippen LogP contribution is -2.30. The summed E-state index contributed by atoms with van der Waals surface area (Å²) in [4.78, 5) is 25.0. The molecule has 2 amide bonds. The van der Waals surface area contributed by atoms with Crippen LogP contribution in [0.2, 0.25) is 5.02 Å². The highest BCUT2D eigenvalue weighted by Crippen LogP contribution is 2.24. The van der Waals surface area contributed by atoms with E-state index in [4.69, 9.17) is 16.3 Å². The predicted octanol–water partition coefficient (Wildman–Crippen LogP) is 4.42. The van der Waals surface area contributed by atoms with E-state index in [1.165, 1.54) is 11.8 Å². The number of anilines is 1. The summed E-state index contributed by atoms with van der Waals surface area (Å²) in [6, 6.07) is 12.4. The van der Waals surface area contributed by atoms with Crippen LogP contribution in [0.25, 0.3) is 0 Å². The first-order chi connectivity index (χ1) is 16.3. The molecule has 180 valence electrons. The highest BCUT2D eigenvalue weighted by molar-refractivity contribution is 7.99. The number of nitrogens with one attached hydrogen (secondary N) is 2. The first-order valence-electron chi connectivity index (χ1n) is 10.9. The number of aromatic nitrogens is 3. The second kappa shape index (κ2) is 11.9. The fraction of sp³-hybridized carbons (Fsp3) is 0.333. The molecule has 0 spiro atoms. The zero-order valence-electron chi connectivity index (χ0n) is 19.6. The summed E-state index contributed by atoms with van der Waals surface area (Å²) in [7, 11) is 1.60. The van der Waals surface area contributed by atoms with Crippen LogP contribution in [-0.2, 0) is 22.6 Å². The topological polar surface area (TPSA) is 98.1 Å². The van der Waals surface area contributed by atoms with Gasteiger partial charge in [-0.2, -0.15) is 0 Å². The van der Waals surface area contributed by atoms with Crippen molar-refractivity contribution >= 4 is 40.9 Å². The molecule has 1 aromatic heterocycles. The summed E-state index contributed by atoms with van der Waals surface area (Å²) in [5.41, 5.74) is 2.39. The number of thioether (sulfide) groups is 1. The summed E-state index contributed by atoms with van der Waals surface area (Å²) >= 11 is 7.41. The Labute approximate surface area is 208 Å². The predicted molar refractivity (Wildman–Crippen MR) is 134 cm³/mol. The highest BCUT2D eigenvalue weighted by Gasteiger charge is 2.20. The SMILES string of the molecule is CCn1c(SCC(=O)Nc2cccc(Cl)c2C)nnc1[C@@H](C)NC(=O)Cc1ccc(OC)cc1. The molecule has 0 unspecified atom stereocenters. The number of rotatable bonds is 10. The molecular weight excluding hydrogens is 474 g/mol. The molecule has 34 heavy (non-hydrogen) atoms. The van der Waals surface area contributed by atoms with E-state index in [0.29, 0.717) is 28.2 Å². The third-order valence-electron chi connectivity index (χ3n) is 5.22. The summed E-state index contributed by atoms with van der Waals surface area (Å²) in [6.07, 6.45) is 0.249. The maximum Gasteiger partial charge on any atom is 0.234 e. The van der Waals surface area contributed by atoms with Gasteiger partial charge in [0.15, 0.2) is 11.0 Å². The Morgan fingerprint density at radius 3 is 2.56 bits per heavy atom. The van der Waals surface area contributed by atoms with Crippen LogP contribution in [-0.4, -0.2) is 39.4 Å². The van der Waals surface area contributed by atoms with Gasteiger partial charge in [0.25, 0.3) is 0 Å². The standard InChI is InChI=1S/C24H28ClN5O3S/c1-5-30-23(16(3)26-21(31)13-17-9-11-18(33-4)12-10-17)28-29-24(30)34-14-22(32)27-20-8-6-7-19(25)15(20)2/h6-12,16H,5,13-14H2,1-4H3,(H,26,31)(H,27,32)/t16-/m1/s1. The van der Waals surface area contributed by atoms with E-state index in [1.54, 1.807) is 19.2 Å². The number of hydrogen-bond donors (Lipinski definition) is 2. The van der Waals surface area contributed by atoms with E-state index in [9.17, 15) is 9.59 Å². The smallest absolute Gasteiger partial charge is 0.234 e. The van der Waals surface area contributed by atoms with Crippen LogP contribution >= 0.6 is 23.4 Å². The molecule has 0 saturated heterocycles. The van der Waals surface area contributed by atoms with Gasteiger partial charge in [-0.15, -0.1) is 10.2 Å². The Bertz CT molecular complexity index is 1150. The maximum absolute atomic E-state index is 12.5. The minimum Gasteiger partial charge on any atom is -0.497 e. The molecule has 1 atom stereocenters. The van der Waals surface area contributed by atoms with Crippen molar-refractivity contribution in [3.63, 3.8) is 0 Å². The van der Waals surface area contributed by atoms with Crippen LogP contribution in [0.4, 0.5) is 5.69 Å². The molecular formula is C24H28ClN5O3S. The van der Waals surface area contributed by atoms with Gasteiger partial charge in [0.05, 0.1) is 25.3 Å². The summed E-state index contributed by atoms with van der Waals surface area (Å²) in [6.45, 7) is 6.30. The van der Waals surface area contributed by atoms with E-state index in [-0.39, 0.29) is 30.0 Å². The number of carbonyl (C=O) groups is 2. The average molecular weight is 502 g/mol. The van der Waals surface area contributed by atoms with E-state index in [2.05, 4.69) is 20.8 Å². The quantitative estimate of drug-likeness (QED) is 0.399. The van der Waals surface area contributed by atoms with Crippen LogP contribution in [0.3, 0.4) is 0 Å². The Balaban J connectivity index is 1.58. The van der Waals surface area contributed by atoms with Gasteiger partial charge >= 0.3 is 0 Å². The van der Waals surface area contributed by atoms with Crippen molar-refractivity contribution in [2.45, 2.75) is 44.9 Å². The summed E-state index contributed by atoms with van der Waals surface area (Å²) < 4.78 is 7.05. The maximum atomic E-state index is 12.5. The minimum atomic E-state index is -0.338. The van der Waals surface area contributed by atoms with Crippen molar-refractivity contribution < 1.29 is 14.3 Å². The number of methoxy groups -OCH3 is 1. The zero-order valence-corrected chi connectivity index (χ0v) is 21.2. The Morgan fingerprint density at radius 1 is 1.15 bits per heavy atom. The fourth-order valence-corrected chi connectivity index (χ4v) is 4.35. The van der Waals surface area contributed by atoms with Gasteiger partial charge in [0, 0.05) is 17.3 Å². The van der Waals surface area contributed by atoms with Crippen molar-refractivity contribution in [3.8, 4) is 5.75 Å². The molecule has 10 heteroatoms. The molecule has 0 bridgehead atoms. The monoisotopic (exact) mass is 501 g/mol. The molecule has 0 aliphatic heterocycles. The lowest BCUT2D eigenvalue weighted by molar-refractivity contribution is -0.121. The van der Waals surface area contributed by atoms with Gasteiger partial charge in [0.2, 0.25) is 11.8 Å². The normalized spacial score (nSPS) is 11.7. The number of benzene rings is 2. The third kappa shape index (κ3) is 6.51. The van der Waals surface area contributed by atoms with E-state index < -0.39 is 0 Å². The summed E-state index contributed by atoms with van der Waals surface area (Å²) in [5.74, 6) is 1.27. The van der Waals surface area contributed by atoms with Gasteiger partial charge in [-0.3, -0.25) is 9.59 Å². The van der Waals surface area contributed by atoms with Gasteiger partial charge in [-0.25, -0.2) is 0 Å². The van der Waals surface area contributed by atoms with Crippen LogP contribution in [0.1, 0.15) is 36.8 Å². The van der Waals surface area contributed by atoms with Crippen LogP contribution < -0.4 is 15.4 Å². The Morgan fingerprint density at radius 2 is 1.88 bits per heavy atom. The first kappa shape index (κ1) is 25.6. The van der Waals surface area contributed by atoms with Crippen LogP contribution in [0, 0.1) is 6.92 Å². The number of ether oxygens (including phenoxy) is 1. The van der Waals surface area contributed by atoms with Gasteiger partial charge in [-0.1, -0.05) is 41.6 Å². The van der Waals surface area contributed by atoms with Gasteiger partial charge < -0.3 is 19.9 Å². The number of amides is 2. The Kier molecular flexibility index (Phi) is 8.95. The van der Waals surface area contributed by atoms with E-state index in [0.717, 1.165) is 16.9 Å². The molecule has 0 radical (unpaired) electrons. The largest absolute Gasteiger partial charge is 0.497 e. The molecule has 0 fully saturated rings. The number of carbonyl (C=O) groups excluding carboxylic acids is 2. The molecule has 0 aliphatic rings. The number of halogens is 1. The fourth-order valence-electron chi connectivity index (χ4n) is 3.37. The Hall–Kier alpha value is -3.04. The summed E-state index contributed by atoms with van der Waals surface area (Å²) in [5, 5.41) is 15.6. The molecule has 2 aromatic carbocycles. The van der Waals surface area contributed by atoms with E-state index >= 15 is 0 Å². The van der Waals surface area contributed by atoms with Gasteiger partial charge in [-0.05, 0) is 56.2 Å². The molecule has 8 nitrogen and oxygen atoms in total. The number of nitrogens with zero attached hydrogens (tertiary/aromatic N) is 3.